The Morgan fingerprint density at radius 1 is 1.22 bits per heavy atom. The van der Waals surface area contributed by atoms with Gasteiger partial charge < -0.3 is 10.6 Å². The van der Waals surface area contributed by atoms with Crippen LogP contribution in [-0.2, 0) is 10.0 Å². The van der Waals surface area contributed by atoms with Gasteiger partial charge in [0.25, 0.3) is 0 Å². The summed E-state index contributed by atoms with van der Waals surface area (Å²) in [5.41, 5.74) is 0. The van der Waals surface area contributed by atoms with Gasteiger partial charge in [0, 0.05) is 26.7 Å². The van der Waals surface area contributed by atoms with E-state index in [2.05, 4.69) is 20.3 Å². The molecule has 11 heteroatoms. The lowest BCUT2D eigenvalue weighted by Gasteiger charge is -2.25. The van der Waals surface area contributed by atoms with Crippen LogP contribution in [0.3, 0.4) is 0 Å². The Bertz CT molecular complexity index is 467. The number of hydrogen-bond acceptors (Lipinski definition) is 3. The molecule has 0 bridgehead atoms. The van der Waals surface area contributed by atoms with Crippen molar-refractivity contribution in [3.05, 3.63) is 0 Å². The van der Waals surface area contributed by atoms with E-state index in [1.54, 1.807) is 0 Å². The van der Waals surface area contributed by atoms with Crippen LogP contribution < -0.4 is 15.4 Å². The van der Waals surface area contributed by atoms with E-state index in [4.69, 9.17) is 0 Å². The molecule has 0 spiro atoms. The van der Waals surface area contributed by atoms with Gasteiger partial charge in [-0.15, -0.1) is 24.0 Å². The predicted octanol–water partition coefficient (Wildman–Crippen LogP) is 1.44. The fourth-order valence-electron chi connectivity index (χ4n) is 1.86. The fourth-order valence-corrected chi connectivity index (χ4v) is 2.87. The smallest absolute Gasteiger partial charge is 0.356 e. The average molecular weight is 472 g/mol. The molecule has 0 radical (unpaired) electrons. The minimum atomic E-state index is -4.24. The van der Waals surface area contributed by atoms with E-state index < -0.39 is 22.6 Å². The number of hydrogen-bond donors (Lipinski definition) is 3. The number of sulfonamides is 1. The first kappa shape index (κ1) is 22.7. The van der Waals surface area contributed by atoms with Crippen LogP contribution in [0.25, 0.3) is 0 Å². The van der Waals surface area contributed by atoms with Gasteiger partial charge in [0.15, 0.2) is 5.96 Å². The first-order valence-electron chi connectivity index (χ1n) is 7.20. The highest BCUT2D eigenvalue weighted by Crippen LogP contribution is 2.25. The Balaban J connectivity index is 0.00000484. The van der Waals surface area contributed by atoms with Crippen molar-refractivity contribution in [2.24, 2.45) is 10.9 Å². The molecule has 0 heterocycles. The molecule has 0 aromatic carbocycles. The second kappa shape index (κ2) is 10.5. The molecule has 1 saturated carbocycles. The van der Waals surface area contributed by atoms with E-state index in [0.29, 0.717) is 12.5 Å². The van der Waals surface area contributed by atoms with Crippen LogP contribution in [0, 0.1) is 5.92 Å². The van der Waals surface area contributed by atoms with Crippen LogP contribution >= 0.6 is 24.0 Å². The van der Waals surface area contributed by atoms with Gasteiger partial charge in [-0.2, -0.15) is 13.2 Å². The first-order valence-corrected chi connectivity index (χ1v) is 8.86. The highest BCUT2D eigenvalue weighted by atomic mass is 127. The van der Waals surface area contributed by atoms with Crippen LogP contribution in [-0.4, -0.2) is 53.0 Å². The molecule has 0 aromatic rings. The summed E-state index contributed by atoms with van der Waals surface area (Å²) in [6.45, 7) is 0.225. The summed E-state index contributed by atoms with van der Waals surface area (Å²) in [7, 11) is -1.97. The Kier molecular flexibility index (Phi) is 10.4. The lowest BCUT2D eigenvalue weighted by molar-refractivity contribution is -0.132. The van der Waals surface area contributed by atoms with Crippen molar-refractivity contribution in [1.82, 2.24) is 15.4 Å². The molecular formula is C12H24F3IN4O2S. The fraction of sp³-hybridized carbons (Fsp3) is 0.917. The Morgan fingerprint density at radius 2 is 1.83 bits per heavy atom. The molecule has 1 aliphatic carbocycles. The van der Waals surface area contributed by atoms with Gasteiger partial charge in [-0.3, -0.25) is 4.99 Å². The van der Waals surface area contributed by atoms with E-state index >= 15 is 0 Å². The number of rotatable bonds is 8. The van der Waals surface area contributed by atoms with Crippen molar-refractivity contribution in [2.75, 3.05) is 32.4 Å². The summed E-state index contributed by atoms with van der Waals surface area (Å²) in [5.74, 6) is 0.428. The third-order valence-electron chi connectivity index (χ3n) is 3.40. The van der Waals surface area contributed by atoms with Crippen molar-refractivity contribution >= 4 is 40.0 Å². The van der Waals surface area contributed by atoms with Crippen molar-refractivity contribution in [3.8, 4) is 0 Å². The van der Waals surface area contributed by atoms with Crippen LogP contribution in [0.15, 0.2) is 4.99 Å². The van der Waals surface area contributed by atoms with Crippen LogP contribution in [0.4, 0.5) is 13.2 Å². The monoisotopic (exact) mass is 472 g/mol. The van der Waals surface area contributed by atoms with E-state index in [0.717, 1.165) is 19.3 Å². The standard InChI is InChI=1S/C12H23F3N4O2S.HI/c1-16-11(17-6-5-12(13,14)15)18-7-8-22(20,21)19-9-10-3-2-4-10;/h10,19H,2-9H2,1H3,(H2,16,17,18);1H. The van der Waals surface area contributed by atoms with E-state index in [-0.39, 0.29) is 48.8 Å². The van der Waals surface area contributed by atoms with Crippen molar-refractivity contribution in [3.63, 3.8) is 0 Å². The molecule has 0 saturated heterocycles. The summed E-state index contributed by atoms with van der Waals surface area (Å²) in [6, 6.07) is 0. The third kappa shape index (κ3) is 11.0. The summed E-state index contributed by atoms with van der Waals surface area (Å²) in [5, 5.41) is 5.16. The number of guanidine groups is 1. The minimum Gasteiger partial charge on any atom is -0.356 e. The van der Waals surface area contributed by atoms with Crippen LogP contribution in [0.2, 0.25) is 0 Å². The van der Waals surface area contributed by atoms with Gasteiger partial charge in [0.2, 0.25) is 10.0 Å². The lowest BCUT2D eigenvalue weighted by Crippen LogP contribution is -2.42. The molecule has 0 atom stereocenters. The van der Waals surface area contributed by atoms with Gasteiger partial charge in [-0.25, -0.2) is 13.1 Å². The molecule has 1 rings (SSSR count). The number of nitrogens with one attached hydrogen (secondary N) is 3. The van der Waals surface area contributed by atoms with Crippen molar-refractivity contribution < 1.29 is 21.6 Å². The molecule has 0 amide bonds. The molecule has 138 valence electrons. The molecule has 1 fully saturated rings. The van der Waals surface area contributed by atoms with E-state index in [9.17, 15) is 21.6 Å². The maximum absolute atomic E-state index is 12.0. The van der Waals surface area contributed by atoms with Crippen molar-refractivity contribution in [1.29, 1.82) is 0 Å². The lowest BCUT2D eigenvalue weighted by atomic mass is 9.86. The van der Waals surface area contributed by atoms with Gasteiger partial charge in [-0.05, 0) is 18.8 Å². The van der Waals surface area contributed by atoms with E-state index in [1.807, 2.05) is 0 Å². The van der Waals surface area contributed by atoms with Gasteiger partial charge >= 0.3 is 6.18 Å². The number of alkyl halides is 3. The third-order valence-corrected chi connectivity index (χ3v) is 4.75. The average Bonchev–Trinajstić information content (AvgIpc) is 2.33. The zero-order valence-corrected chi connectivity index (χ0v) is 16.1. The van der Waals surface area contributed by atoms with Crippen LogP contribution in [0.1, 0.15) is 25.7 Å². The molecule has 23 heavy (non-hydrogen) atoms. The summed E-state index contributed by atoms with van der Waals surface area (Å²) in [6.07, 6.45) is -1.96. The van der Waals surface area contributed by atoms with Crippen LogP contribution in [0.5, 0.6) is 0 Å². The van der Waals surface area contributed by atoms with Gasteiger partial charge in [-0.1, -0.05) is 6.42 Å². The zero-order valence-electron chi connectivity index (χ0n) is 12.9. The minimum absolute atomic E-state index is 0. The number of halogens is 4. The molecule has 0 aromatic heterocycles. The van der Waals surface area contributed by atoms with E-state index in [1.165, 1.54) is 7.05 Å². The molecular weight excluding hydrogens is 448 g/mol. The maximum atomic E-state index is 12.0. The second-order valence-electron chi connectivity index (χ2n) is 5.26. The van der Waals surface area contributed by atoms with Gasteiger partial charge in [0.1, 0.15) is 0 Å². The van der Waals surface area contributed by atoms with Crippen molar-refractivity contribution in [2.45, 2.75) is 31.9 Å². The molecule has 0 aliphatic heterocycles. The predicted molar refractivity (Wildman–Crippen MR) is 94.6 cm³/mol. The summed E-state index contributed by atoms with van der Waals surface area (Å²) >= 11 is 0. The molecule has 6 nitrogen and oxygen atoms in total. The largest absolute Gasteiger partial charge is 0.390 e. The van der Waals surface area contributed by atoms with Gasteiger partial charge in [0.05, 0.1) is 12.2 Å². The maximum Gasteiger partial charge on any atom is 0.390 e. The quantitative estimate of drug-likeness (QED) is 0.284. The Morgan fingerprint density at radius 3 is 2.30 bits per heavy atom. The Labute approximate surface area is 152 Å². The zero-order chi connectivity index (χ0) is 16.6. The molecule has 1 aliphatic rings. The molecule has 0 unspecified atom stereocenters. The SMILES string of the molecule is CN=C(NCCC(F)(F)F)NCCS(=O)(=O)NCC1CCC1.I. The Hall–Kier alpha value is -0.300. The topological polar surface area (TPSA) is 82.6 Å². The first-order chi connectivity index (χ1) is 10.2. The number of aliphatic imine (C=N–C) groups is 1. The highest BCUT2D eigenvalue weighted by molar-refractivity contribution is 14.0. The summed E-state index contributed by atoms with van der Waals surface area (Å²) < 4.78 is 62.0. The second-order valence-corrected chi connectivity index (χ2v) is 7.18. The number of nitrogens with zero attached hydrogens (tertiary/aromatic N) is 1. The highest BCUT2D eigenvalue weighted by Gasteiger charge is 2.26. The normalized spacial score (nSPS) is 16.4. The molecule has 3 N–H and O–H groups in total. The summed E-state index contributed by atoms with van der Waals surface area (Å²) in [4.78, 5) is 3.74.